The van der Waals surface area contributed by atoms with E-state index in [1.165, 1.54) is 0 Å². The Bertz CT molecular complexity index is 271. The summed E-state index contributed by atoms with van der Waals surface area (Å²) in [7, 11) is 0. The zero-order chi connectivity index (χ0) is 9.10. The first-order chi connectivity index (χ1) is 6.40. The number of rotatable bonds is 3. The van der Waals surface area contributed by atoms with Crippen molar-refractivity contribution < 1.29 is 9.47 Å². The monoisotopic (exact) mass is 200 g/mol. The number of ether oxygens (including phenoxy) is 2. The molecule has 4 nitrogen and oxygen atoms in total. The third kappa shape index (κ3) is 2.04. The number of nitrogens with zero attached hydrogens (tertiary/aromatic N) is 2. The average molecular weight is 200 g/mol. The normalized spacial score (nSPS) is 18.2. The Morgan fingerprint density at radius 1 is 1.62 bits per heavy atom. The van der Waals surface area contributed by atoms with Crippen molar-refractivity contribution in [1.82, 2.24) is 9.55 Å². The third-order valence-electron chi connectivity index (χ3n) is 1.90. The lowest BCUT2D eigenvalue weighted by Crippen LogP contribution is -2.16. The number of hydrogen-bond acceptors (Lipinski definition) is 4. The van der Waals surface area contributed by atoms with E-state index in [1.807, 2.05) is 17.0 Å². The number of aromatic nitrogens is 2. The van der Waals surface area contributed by atoms with E-state index in [9.17, 15) is 0 Å². The van der Waals surface area contributed by atoms with Crippen molar-refractivity contribution in [1.29, 1.82) is 0 Å². The van der Waals surface area contributed by atoms with Gasteiger partial charge >= 0.3 is 0 Å². The lowest BCUT2D eigenvalue weighted by atomic mass is 10.6. The highest BCUT2D eigenvalue weighted by molar-refractivity contribution is 7.98. The molecule has 0 amide bonds. The van der Waals surface area contributed by atoms with Gasteiger partial charge in [0, 0.05) is 12.4 Å². The van der Waals surface area contributed by atoms with Crippen molar-refractivity contribution in [3.05, 3.63) is 12.4 Å². The Morgan fingerprint density at radius 3 is 3.08 bits per heavy atom. The predicted molar refractivity (Wildman–Crippen MR) is 49.7 cm³/mol. The van der Waals surface area contributed by atoms with Crippen LogP contribution in [0.15, 0.2) is 17.6 Å². The fraction of sp³-hybridized carbons (Fsp3) is 0.625. The van der Waals surface area contributed by atoms with E-state index < -0.39 is 0 Å². The molecule has 1 saturated heterocycles. The quantitative estimate of drug-likeness (QED) is 0.681. The highest BCUT2D eigenvalue weighted by atomic mass is 32.2. The maximum atomic E-state index is 5.35. The van der Waals surface area contributed by atoms with Crippen LogP contribution in [0.3, 0.4) is 0 Å². The molecule has 1 aliphatic heterocycles. The smallest absolute Gasteiger partial charge is 0.175 e. The van der Waals surface area contributed by atoms with Crippen LogP contribution < -0.4 is 0 Å². The van der Waals surface area contributed by atoms with Gasteiger partial charge in [0.25, 0.3) is 0 Å². The van der Waals surface area contributed by atoms with Crippen LogP contribution in [-0.4, -0.2) is 35.3 Å². The molecule has 0 N–H and O–H groups in total. The summed E-state index contributed by atoms with van der Waals surface area (Å²) in [6.07, 6.45) is 5.65. The fourth-order valence-corrected chi connectivity index (χ4v) is 1.83. The molecule has 1 aromatic rings. The Kier molecular flexibility index (Phi) is 2.87. The van der Waals surface area contributed by atoms with Gasteiger partial charge in [0.1, 0.15) is 0 Å². The minimum Gasteiger partial charge on any atom is -0.348 e. The second-order valence-electron chi connectivity index (χ2n) is 2.74. The molecule has 1 aliphatic rings. The van der Waals surface area contributed by atoms with Crippen molar-refractivity contribution in [2.45, 2.75) is 18.0 Å². The molecule has 2 heterocycles. The first-order valence-electron chi connectivity index (χ1n) is 4.18. The van der Waals surface area contributed by atoms with Crippen LogP contribution >= 0.6 is 11.8 Å². The van der Waals surface area contributed by atoms with E-state index >= 15 is 0 Å². The first-order valence-corrected chi connectivity index (χ1v) is 5.41. The molecule has 0 bridgehead atoms. The molecule has 0 radical (unpaired) electrons. The average Bonchev–Trinajstić information content (AvgIpc) is 2.76. The molecule has 5 heteroatoms. The maximum Gasteiger partial charge on any atom is 0.175 e. The third-order valence-corrected chi connectivity index (χ3v) is 2.60. The van der Waals surface area contributed by atoms with Crippen molar-refractivity contribution in [2.75, 3.05) is 19.5 Å². The summed E-state index contributed by atoms with van der Waals surface area (Å²) in [6.45, 7) is 2.14. The van der Waals surface area contributed by atoms with Gasteiger partial charge in [-0.3, -0.25) is 0 Å². The number of hydrogen-bond donors (Lipinski definition) is 0. The number of thioether (sulfide) groups is 1. The summed E-state index contributed by atoms with van der Waals surface area (Å²) in [4.78, 5) is 4.19. The van der Waals surface area contributed by atoms with Crippen molar-refractivity contribution >= 4 is 11.8 Å². The minimum atomic E-state index is -0.0971. The summed E-state index contributed by atoms with van der Waals surface area (Å²) in [5, 5.41) is 0.999. The second-order valence-corrected chi connectivity index (χ2v) is 3.51. The van der Waals surface area contributed by atoms with Crippen molar-refractivity contribution in [2.24, 2.45) is 0 Å². The highest BCUT2D eigenvalue weighted by Gasteiger charge is 2.17. The molecule has 72 valence electrons. The van der Waals surface area contributed by atoms with Gasteiger partial charge < -0.3 is 14.0 Å². The molecule has 0 spiro atoms. The standard InChI is InChI=1S/C8H12N2O2S/c1-13-8-9-2-3-10(8)6-7-11-4-5-12-7/h2-3,7H,4-6H2,1H3. The van der Waals surface area contributed by atoms with Gasteiger partial charge in [0.15, 0.2) is 11.4 Å². The van der Waals surface area contributed by atoms with E-state index in [0.717, 1.165) is 11.7 Å². The van der Waals surface area contributed by atoms with Crippen molar-refractivity contribution in [3.8, 4) is 0 Å². The molecule has 2 rings (SSSR count). The van der Waals surface area contributed by atoms with Gasteiger partial charge in [-0.05, 0) is 6.26 Å². The van der Waals surface area contributed by atoms with Gasteiger partial charge in [-0.15, -0.1) is 0 Å². The largest absolute Gasteiger partial charge is 0.348 e. The summed E-state index contributed by atoms with van der Waals surface area (Å²) in [5.74, 6) is 0. The predicted octanol–water partition coefficient (Wildman–Crippen LogP) is 0.978. The zero-order valence-electron chi connectivity index (χ0n) is 7.47. The second kappa shape index (κ2) is 4.13. The molecule has 1 aromatic heterocycles. The Morgan fingerprint density at radius 2 is 2.38 bits per heavy atom. The molecule has 0 aliphatic carbocycles. The first kappa shape index (κ1) is 9.05. The van der Waals surface area contributed by atoms with E-state index in [1.54, 1.807) is 18.0 Å². The van der Waals surface area contributed by atoms with Gasteiger partial charge in [-0.25, -0.2) is 4.98 Å². The number of imidazole rings is 1. The molecular weight excluding hydrogens is 188 g/mol. The molecule has 13 heavy (non-hydrogen) atoms. The van der Waals surface area contributed by atoms with E-state index in [0.29, 0.717) is 13.2 Å². The minimum absolute atomic E-state index is 0.0971. The van der Waals surface area contributed by atoms with Crippen LogP contribution in [0.1, 0.15) is 0 Å². The Balaban J connectivity index is 1.99. The summed E-state index contributed by atoms with van der Waals surface area (Å²) >= 11 is 1.63. The van der Waals surface area contributed by atoms with Crippen LogP contribution in [0.5, 0.6) is 0 Å². The van der Waals surface area contributed by atoms with Gasteiger partial charge in [0.2, 0.25) is 0 Å². The van der Waals surface area contributed by atoms with Crippen LogP contribution in [-0.2, 0) is 16.0 Å². The van der Waals surface area contributed by atoms with Gasteiger partial charge in [-0.2, -0.15) is 0 Å². The van der Waals surface area contributed by atoms with E-state index in [-0.39, 0.29) is 6.29 Å². The van der Waals surface area contributed by atoms with Gasteiger partial charge in [0.05, 0.1) is 19.8 Å². The lowest BCUT2D eigenvalue weighted by Gasteiger charge is -2.10. The SMILES string of the molecule is CSc1nccn1CC1OCCO1. The van der Waals surface area contributed by atoms with Crippen molar-refractivity contribution in [3.63, 3.8) is 0 Å². The zero-order valence-corrected chi connectivity index (χ0v) is 8.29. The molecule has 1 fully saturated rings. The molecule has 0 unspecified atom stereocenters. The van der Waals surface area contributed by atoms with E-state index in [4.69, 9.17) is 9.47 Å². The van der Waals surface area contributed by atoms with Crippen LogP contribution in [0.4, 0.5) is 0 Å². The molecule has 0 saturated carbocycles. The molecular formula is C8H12N2O2S. The fourth-order valence-electron chi connectivity index (χ4n) is 1.30. The molecule has 0 atom stereocenters. The Hall–Kier alpha value is -0.520. The summed E-state index contributed by atoms with van der Waals surface area (Å²) in [5.41, 5.74) is 0. The summed E-state index contributed by atoms with van der Waals surface area (Å²) < 4.78 is 12.7. The van der Waals surface area contributed by atoms with Crippen LogP contribution in [0, 0.1) is 0 Å². The Labute approximate surface area is 81.2 Å². The van der Waals surface area contributed by atoms with E-state index in [2.05, 4.69) is 4.98 Å². The maximum absolute atomic E-state index is 5.35. The highest BCUT2D eigenvalue weighted by Crippen LogP contribution is 2.14. The van der Waals surface area contributed by atoms with Gasteiger partial charge in [-0.1, -0.05) is 11.8 Å². The van der Waals surface area contributed by atoms with Crippen LogP contribution in [0.25, 0.3) is 0 Å². The summed E-state index contributed by atoms with van der Waals surface area (Å²) in [6, 6.07) is 0. The van der Waals surface area contributed by atoms with Crippen LogP contribution in [0.2, 0.25) is 0 Å². The molecule has 0 aromatic carbocycles. The topological polar surface area (TPSA) is 36.3 Å². The lowest BCUT2D eigenvalue weighted by molar-refractivity contribution is -0.0538.